The number of hydrogen-bond acceptors (Lipinski definition) is 5. The highest BCUT2D eigenvalue weighted by Gasteiger charge is 2.44. The molecule has 24 heavy (non-hydrogen) atoms. The summed E-state index contributed by atoms with van der Waals surface area (Å²) in [5.74, 6) is -2.38. The van der Waals surface area contributed by atoms with Gasteiger partial charge in [-0.3, -0.25) is 13.8 Å². The minimum atomic E-state index is -1.23. The number of urea groups is 1. The number of fused-ring (bicyclic) bond motifs is 1. The molecular weight excluding hydrogens is 372 g/mol. The first-order chi connectivity index (χ1) is 11.3. The zero-order valence-corrected chi connectivity index (χ0v) is 14.7. The van der Waals surface area contributed by atoms with Crippen molar-refractivity contribution in [2.75, 3.05) is 11.2 Å². The lowest BCUT2D eigenvalue weighted by atomic mass is 9.95. The number of carbonyl (C=O) groups is 3. The summed E-state index contributed by atoms with van der Waals surface area (Å²) in [7, 11) is -1.23. The Kier molecular flexibility index (Phi) is 4.29. The zero-order valence-electron chi connectivity index (χ0n) is 12.3. The van der Waals surface area contributed by atoms with Crippen LogP contribution in [0.2, 0.25) is 5.02 Å². The number of nitrogens with zero attached hydrogens (tertiary/aromatic N) is 1. The Labute approximate surface area is 148 Å². The third kappa shape index (κ3) is 2.66. The van der Waals surface area contributed by atoms with Gasteiger partial charge in [0.15, 0.2) is 5.78 Å². The van der Waals surface area contributed by atoms with Crippen LogP contribution in [0.5, 0.6) is 0 Å². The van der Waals surface area contributed by atoms with Gasteiger partial charge in [0, 0.05) is 21.6 Å². The quantitative estimate of drug-likeness (QED) is 0.651. The monoisotopic (exact) mass is 382 g/mol. The molecule has 1 aromatic carbocycles. The van der Waals surface area contributed by atoms with Crippen LogP contribution in [-0.4, -0.2) is 28.2 Å². The first kappa shape index (κ1) is 16.8. The highest BCUT2D eigenvalue weighted by Crippen LogP contribution is 2.41. The van der Waals surface area contributed by atoms with Crippen molar-refractivity contribution in [1.29, 1.82) is 0 Å². The fourth-order valence-electron chi connectivity index (χ4n) is 2.56. The van der Waals surface area contributed by atoms with Crippen LogP contribution in [0.1, 0.15) is 21.2 Å². The summed E-state index contributed by atoms with van der Waals surface area (Å²) in [5.41, 5.74) is 5.86. The molecular formula is C15H11ClN2O4S2. The molecule has 2 aromatic rings. The Hall–Kier alpha value is -2.03. The Balaban J connectivity index is 2.08. The molecule has 124 valence electrons. The fraction of sp³-hybridized carbons (Fsp3) is 0.133. The largest absolute Gasteiger partial charge is 0.351 e. The minimum Gasteiger partial charge on any atom is -0.351 e. The van der Waals surface area contributed by atoms with Crippen molar-refractivity contribution in [2.24, 2.45) is 5.73 Å². The minimum absolute atomic E-state index is 0.256. The number of primary amides is 1. The Morgan fingerprint density at radius 2 is 2.04 bits per heavy atom. The van der Waals surface area contributed by atoms with Crippen LogP contribution in [-0.2, 0) is 15.6 Å². The molecule has 3 amide bonds. The van der Waals surface area contributed by atoms with Gasteiger partial charge in [0.25, 0.3) is 5.91 Å². The van der Waals surface area contributed by atoms with Gasteiger partial charge in [-0.1, -0.05) is 11.6 Å². The summed E-state index contributed by atoms with van der Waals surface area (Å²) in [6.07, 6.45) is 1.50. The summed E-state index contributed by atoms with van der Waals surface area (Å²) in [5, 5.41) is 1.94. The second-order valence-electron chi connectivity index (χ2n) is 5.11. The third-order valence-electron chi connectivity index (χ3n) is 3.64. The van der Waals surface area contributed by atoms with Gasteiger partial charge in [-0.25, -0.2) is 9.69 Å². The summed E-state index contributed by atoms with van der Waals surface area (Å²) in [6.45, 7) is 0. The molecule has 9 heteroatoms. The molecule has 1 aliphatic rings. The maximum absolute atomic E-state index is 12.8. The predicted octanol–water partition coefficient (Wildman–Crippen LogP) is 2.53. The van der Waals surface area contributed by atoms with Crippen molar-refractivity contribution in [3.05, 3.63) is 45.1 Å². The van der Waals surface area contributed by atoms with Crippen LogP contribution in [0.4, 0.5) is 10.5 Å². The number of carbonyl (C=O) groups excluding carboxylic acids is 3. The van der Waals surface area contributed by atoms with E-state index in [-0.39, 0.29) is 10.6 Å². The average Bonchev–Trinajstić information content (AvgIpc) is 3.08. The van der Waals surface area contributed by atoms with E-state index in [1.54, 1.807) is 5.38 Å². The van der Waals surface area contributed by atoms with Crippen LogP contribution in [0, 0.1) is 0 Å². The van der Waals surface area contributed by atoms with Gasteiger partial charge in [0.1, 0.15) is 5.92 Å². The molecule has 0 spiro atoms. The highest BCUT2D eigenvalue weighted by molar-refractivity contribution is 7.84. The number of halogens is 1. The maximum Gasteiger partial charge on any atom is 0.326 e. The molecule has 2 N–H and O–H groups in total. The van der Waals surface area contributed by atoms with Crippen LogP contribution in [0.15, 0.2) is 34.5 Å². The number of thiophene rings is 1. The summed E-state index contributed by atoms with van der Waals surface area (Å²) < 4.78 is 11.5. The lowest BCUT2D eigenvalue weighted by Crippen LogP contribution is -2.40. The van der Waals surface area contributed by atoms with Gasteiger partial charge in [-0.05, 0) is 29.8 Å². The Morgan fingerprint density at radius 1 is 1.33 bits per heavy atom. The highest BCUT2D eigenvalue weighted by atomic mass is 35.5. The predicted molar refractivity (Wildman–Crippen MR) is 92.2 cm³/mol. The molecule has 6 nitrogen and oxygen atoms in total. The lowest BCUT2D eigenvalue weighted by Gasteiger charge is -2.12. The molecule has 1 aromatic heterocycles. The maximum atomic E-state index is 12.8. The van der Waals surface area contributed by atoms with E-state index in [0.717, 1.165) is 16.2 Å². The molecule has 2 unspecified atom stereocenters. The number of nitrogens with two attached hydrogens (primary N) is 1. The van der Waals surface area contributed by atoms with Crippen molar-refractivity contribution < 1.29 is 18.6 Å². The number of ketones is 1. The molecule has 1 aliphatic heterocycles. The van der Waals surface area contributed by atoms with Crippen LogP contribution < -0.4 is 10.6 Å². The van der Waals surface area contributed by atoms with Crippen LogP contribution >= 0.6 is 22.9 Å². The Bertz CT molecular complexity index is 909. The van der Waals surface area contributed by atoms with E-state index in [4.69, 9.17) is 17.3 Å². The van der Waals surface area contributed by atoms with Crippen molar-refractivity contribution in [1.82, 2.24) is 0 Å². The number of benzene rings is 1. The van der Waals surface area contributed by atoms with Crippen molar-refractivity contribution in [3.8, 4) is 0 Å². The van der Waals surface area contributed by atoms with E-state index in [1.807, 2.05) is 0 Å². The van der Waals surface area contributed by atoms with Crippen molar-refractivity contribution in [2.45, 2.75) is 10.8 Å². The molecule has 0 saturated carbocycles. The van der Waals surface area contributed by atoms with E-state index >= 15 is 0 Å². The molecule has 0 saturated heterocycles. The molecule has 0 bridgehead atoms. The van der Waals surface area contributed by atoms with E-state index in [0.29, 0.717) is 15.5 Å². The smallest absolute Gasteiger partial charge is 0.326 e. The van der Waals surface area contributed by atoms with E-state index in [9.17, 15) is 18.6 Å². The van der Waals surface area contributed by atoms with Gasteiger partial charge in [-0.2, -0.15) is 0 Å². The Morgan fingerprint density at radius 3 is 2.62 bits per heavy atom. The second kappa shape index (κ2) is 6.12. The number of imide groups is 1. The molecule has 0 fully saturated rings. The number of amides is 3. The molecule has 0 radical (unpaired) electrons. The molecule has 0 aliphatic carbocycles. The first-order valence-corrected chi connectivity index (χ1v) is 9.52. The topological polar surface area (TPSA) is 97.5 Å². The summed E-state index contributed by atoms with van der Waals surface area (Å²) in [4.78, 5) is 38.6. The van der Waals surface area contributed by atoms with Crippen LogP contribution in [0.25, 0.3) is 0 Å². The summed E-state index contributed by atoms with van der Waals surface area (Å²) in [6, 6.07) is 5.01. The van der Waals surface area contributed by atoms with Gasteiger partial charge in [0.2, 0.25) is 0 Å². The second-order valence-corrected chi connectivity index (χ2v) is 7.84. The number of anilines is 1. The molecule has 2 heterocycles. The van der Waals surface area contributed by atoms with Gasteiger partial charge in [0.05, 0.1) is 21.4 Å². The first-order valence-electron chi connectivity index (χ1n) is 6.70. The lowest BCUT2D eigenvalue weighted by molar-refractivity contribution is -0.117. The average molecular weight is 383 g/mol. The van der Waals surface area contributed by atoms with Crippen molar-refractivity contribution in [3.63, 3.8) is 0 Å². The van der Waals surface area contributed by atoms with Crippen molar-refractivity contribution >= 4 is 57.1 Å². The zero-order chi connectivity index (χ0) is 17.6. The number of hydrogen-bond donors (Lipinski definition) is 1. The standard InChI is InChI=1S/C15H11ClN2O4S2/c1-24(22)8-5-11(23-6-8)13(19)12-9-4-7(16)2-3-10(9)18(14(12)20)15(17)21/h2-6,12H,1H3,(H2,17,21). The van der Waals surface area contributed by atoms with Crippen LogP contribution in [0.3, 0.4) is 0 Å². The molecule has 3 rings (SSSR count). The summed E-state index contributed by atoms with van der Waals surface area (Å²) >= 11 is 7.07. The van der Waals surface area contributed by atoms with E-state index in [2.05, 4.69) is 0 Å². The number of rotatable bonds is 3. The SMILES string of the molecule is CS(=O)c1csc(C(=O)C2C(=O)N(C(N)=O)c3ccc(Cl)cc32)c1. The van der Waals surface area contributed by atoms with Gasteiger partial charge >= 0.3 is 6.03 Å². The van der Waals surface area contributed by atoms with E-state index in [1.165, 1.54) is 30.5 Å². The van der Waals surface area contributed by atoms with Gasteiger partial charge in [-0.15, -0.1) is 11.3 Å². The molecule has 2 atom stereocenters. The fourth-order valence-corrected chi connectivity index (χ4v) is 4.53. The van der Waals surface area contributed by atoms with Gasteiger partial charge < -0.3 is 5.73 Å². The normalized spacial score (nSPS) is 17.7. The van der Waals surface area contributed by atoms with E-state index < -0.39 is 34.4 Å². The number of Topliss-reactive ketones (excluding diaryl/α,β-unsaturated/α-hetero) is 1. The third-order valence-corrected chi connectivity index (χ3v) is 5.87.